The number of aromatic hydroxyl groups is 2. The average molecular weight is 451 g/mol. The summed E-state index contributed by atoms with van der Waals surface area (Å²) in [4.78, 5) is 13.3. The van der Waals surface area contributed by atoms with E-state index < -0.39 is 5.60 Å². The van der Waals surface area contributed by atoms with Crippen LogP contribution in [0.25, 0.3) is 12.2 Å². The molecular formula is C27H30O6. The van der Waals surface area contributed by atoms with E-state index in [2.05, 4.69) is 0 Å². The van der Waals surface area contributed by atoms with Gasteiger partial charge < -0.3 is 24.4 Å². The van der Waals surface area contributed by atoms with E-state index in [0.29, 0.717) is 34.4 Å². The maximum absolute atomic E-state index is 13.3. The Labute approximate surface area is 194 Å². The molecule has 0 unspecified atom stereocenters. The van der Waals surface area contributed by atoms with Gasteiger partial charge in [0.05, 0.1) is 25.3 Å². The minimum absolute atomic E-state index is 0.109. The number of phenols is 2. The maximum Gasteiger partial charge on any atom is 0.200 e. The first-order valence-electron chi connectivity index (χ1n) is 10.6. The highest BCUT2D eigenvalue weighted by atomic mass is 16.5. The van der Waals surface area contributed by atoms with Gasteiger partial charge in [-0.2, -0.15) is 0 Å². The largest absolute Gasteiger partial charge is 0.507 e. The first-order chi connectivity index (χ1) is 15.6. The second-order valence-corrected chi connectivity index (χ2v) is 8.67. The molecule has 33 heavy (non-hydrogen) atoms. The average Bonchev–Trinajstić information content (AvgIpc) is 2.76. The quantitative estimate of drug-likeness (QED) is 0.320. The maximum atomic E-state index is 13.3. The lowest BCUT2D eigenvalue weighted by Gasteiger charge is -2.30. The van der Waals surface area contributed by atoms with E-state index in [4.69, 9.17) is 14.2 Å². The van der Waals surface area contributed by atoms with E-state index in [1.165, 1.54) is 20.3 Å². The van der Waals surface area contributed by atoms with Gasteiger partial charge in [-0.1, -0.05) is 17.7 Å². The van der Waals surface area contributed by atoms with Crippen molar-refractivity contribution in [2.24, 2.45) is 0 Å². The topological polar surface area (TPSA) is 85.2 Å². The number of fused-ring (bicyclic) bond motifs is 1. The van der Waals surface area contributed by atoms with Crippen LogP contribution in [0, 0.1) is 0 Å². The number of rotatable bonds is 7. The number of phenolic OH excluding ortho intramolecular Hbond substituents is 2. The van der Waals surface area contributed by atoms with E-state index in [0.717, 1.165) is 5.57 Å². The Morgan fingerprint density at radius 3 is 2.27 bits per heavy atom. The summed E-state index contributed by atoms with van der Waals surface area (Å²) in [7, 11) is 2.88. The molecule has 174 valence electrons. The summed E-state index contributed by atoms with van der Waals surface area (Å²) < 4.78 is 16.4. The molecule has 6 heteroatoms. The number of methoxy groups -OCH3 is 2. The predicted octanol–water partition coefficient (Wildman–Crippen LogP) is 5.70. The molecule has 0 radical (unpaired) electrons. The molecule has 0 aromatic heterocycles. The van der Waals surface area contributed by atoms with Gasteiger partial charge in [0, 0.05) is 0 Å². The van der Waals surface area contributed by atoms with E-state index >= 15 is 0 Å². The number of carbonyl (C=O) groups excluding carboxylic acids is 1. The van der Waals surface area contributed by atoms with Gasteiger partial charge in [-0.3, -0.25) is 4.79 Å². The summed E-state index contributed by atoms with van der Waals surface area (Å²) >= 11 is 0. The number of ketones is 1. The number of benzene rings is 2. The lowest BCUT2D eigenvalue weighted by atomic mass is 9.93. The molecule has 0 aliphatic carbocycles. The fraction of sp³-hybridized carbons (Fsp3) is 0.296. The Morgan fingerprint density at radius 1 is 1.06 bits per heavy atom. The van der Waals surface area contributed by atoms with Gasteiger partial charge >= 0.3 is 0 Å². The van der Waals surface area contributed by atoms with E-state index in [-0.39, 0.29) is 28.8 Å². The molecule has 0 saturated heterocycles. The monoisotopic (exact) mass is 450 g/mol. The van der Waals surface area contributed by atoms with Crippen molar-refractivity contribution < 1.29 is 29.2 Å². The van der Waals surface area contributed by atoms with Crippen molar-refractivity contribution in [1.82, 2.24) is 0 Å². The Morgan fingerprint density at radius 2 is 1.70 bits per heavy atom. The van der Waals surface area contributed by atoms with Crippen LogP contribution >= 0.6 is 0 Å². The van der Waals surface area contributed by atoms with Crippen molar-refractivity contribution in [2.75, 3.05) is 14.2 Å². The first-order valence-corrected chi connectivity index (χ1v) is 10.6. The third-order valence-electron chi connectivity index (χ3n) is 5.31. The van der Waals surface area contributed by atoms with E-state index in [1.807, 2.05) is 39.8 Å². The van der Waals surface area contributed by atoms with E-state index in [9.17, 15) is 15.0 Å². The Kier molecular flexibility index (Phi) is 6.86. The normalized spacial score (nSPS) is 13.9. The molecule has 1 aliphatic heterocycles. The van der Waals surface area contributed by atoms with Crippen LogP contribution in [0.4, 0.5) is 0 Å². The summed E-state index contributed by atoms with van der Waals surface area (Å²) in [6.45, 7) is 7.74. The third kappa shape index (κ3) is 5.22. The minimum Gasteiger partial charge on any atom is -0.507 e. The predicted molar refractivity (Wildman–Crippen MR) is 130 cm³/mol. The molecule has 1 heterocycles. The van der Waals surface area contributed by atoms with Crippen molar-refractivity contribution in [2.45, 2.75) is 39.7 Å². The van der Waals surface area contributed by atoms with Crippen molar-refractivity contribution >= 4 is 17.9 Å². The highest BCUT2D eigenvalue weighted by Gasteiger charge is 2.29. The number of allylic oxidation sites excluding steroid dienone is 3. The molecule has 1 aliphatic rings. The zero-order chi connectivity index (χ0) is 24.3. The molecule has 2 aromatic rings. The second kappa shape index (κ2) is 9.45. The molecule has 2 aromatic carbocycles. The summed E-state index contributed by atoms with van der Waals surface area (Å²) in [6.07, 6.45) is 9.20. The van der Waals surface area contributed by atoms with Gasteiger partial charge in [0.2, 0.25) is 5.75 Å². The first kappa shape index (κ1) is 24.0. The number of ether oxygens (including phenoxy) is 3. The second-order valence-electron chi connectivity index (χ2n) is 8.67. The van der Waals surface area contributed by atoms with Gasteiger partial charge in [0.25, 0.3) is 0 Å². The number of carbonyl (C=O) groups is 1. The lowest BCUT2D eigenvalue weighted by Crippen LogP contribution is -2.28. The van der Waals surface area contributed by atoms with Crippen LogP contribution in [-0.2, 0) is 6.42 Å². The number of hydrogen-bond acceptors (Lipinski definition) is 6. The van der Waals surface area contributed by atoms with Crippen molar-refractivity contribution in [3.8, 4) is 28.7 Å². The molecule has 0 atom stereocenters. The minimum atomic E-state index is -0.614. The van der Waals surface area contributed by atoms with Crippen LogP contribution in [0.2, 0.25) is 0 Å². The molecular weight excluding hydrogens is 420 g/mol. The number of hydrogen-bond donors (Lipinski definition) is 2. The van der Waals surface area contributed by atoms with Crippen LogP contribution in [0.15, 0.2) is 42.0 Å². The summed E-state index contributed by atoms with van der Waals surface area (Å²) in [5.74, 6) is 0.564. The van der Waals surface area contributed by atoms with Crippen LogP contribution < -0.4 is 14.2 Å². The Hall–Kier alpha value is -3.67. The van der Waals surface area contributed by atoms with E-state index in [1.54, 1.807) is 30.4 Å². The Balaban J connectivity index is 2.06. The molecule has 0 saturated carbocycles. The fourth-order valence-electron chi connectivity index (χ4n) is 3.50. The van der Waals surface area contributed by atoms with Gasteiger partial charge in [-0.05, 0) is 81.7 Å². The summed E-state index contributed by atoms with van der Waals surface area (Å²) in [5.41, 5.74) is 2.63. The van der Waals surface area contributed by atoms with Gasteiger partial charge in [0.15, 0.2) is 17.3 Å². The van der Waals surface area contributed by atoms with Gasteiger partial charge in [-0.25, -0.2) is 0 Å². The Bertz CT molecular complexity index is 1140. The highest BCUT2D eigenvalue weighted by molar-refractivity contribution is 6.10. The van der Waals surface area contributed by atoms with Crippen molar-refractivity contribution in [1.29, 1.82) is 0 Å². The third-order valence-corrected chi connectivity index (χ3v) is 5.31. The molecule has 6 nitrogen and oxygen atoms in total. The van der Waals surface area contributed by atoms with Gasteiger partial charge in [-0.15, -0.1) is 0 Å². The van der Waals surface area contributed by atoms with Crippen LogP contribution in [-0.4, -0.2) is 35.8 Å². The smallest absolute Gasteiger partial charge is 0.200 e. The van der Waals surface area contributed by atoms with Crippen LogP contribution in [0.1, 0.15) is 54.7 Å². The van der Waals surface area contributed by atoms with Crippen LogP contribution in [0.3, 0.4) is 0 Å². The highest BCUT2D eigenvalue weighted by Crippen LogP contribution is 2.42. The molecule has 2 N–H and O–H groups in total. The standard InChI is InChI=1S/C27H30O6/c1-16(2)7-9-18-15-20(26-19(24(18)29)11-12-27(3,4)33-26)21(28)10-8-17-13-22(31-5)25(30)23(14-17)32-6/h7-8,10-15,29-30H,9H2,1-6H3/b10-8+. The van der Waals surface area contributed by atoms with Gasteiger partial charge in [0.1, 0.15) is 17.1 Å². The zero-order valence-corrected chi connectivity index (χ0v) is 19.9. The summed E-state index contributed by atoms with van der Waals surface area (Å²) in [6, 6.07) is 4.90. The SMILES string of the molecule is COc1cc(/C=C/C(=O)c2cc(CC=C(C)C)c(O)c3c2OC(C)(C)C=C3)cc(OC)c1O. The van der Waals surface area contributed by atoms with Crippen LogP contribution in [0.5, 0.6) is 28.7 Å². The molecule has 0 amide bonds. The lowest BCUT2D eigenvalue weighted by molar-refractivity contribution is 0.103. The zero-order valence-electron chi connectivity index (χ0n) is 19.9. The molecule has 0 fully saturated rings. The molecule has 0 spiro atoms. The van der Waals surface area contributed by atoms with Crippen molar-refractivity contribution in [3.63, 3.8) is 0 Å². The molecule has 3 rings (SSSR count). The summed E-state index contributed by atoms with van der Waals surface area (Å²) in [5, 5.41) is 20.9. The van der Waals surface area contributed by atoms with Crippen molar-refractivity contribution in [3.05, 3.63) is 64.3 Å². The molecule has 0 bridgehead atoms. The fourth-order valence-corrected chi connectivity index (χ4v) is 3.50.